The van der Waals surface area contributed by atoms with E-state index in [1.165, 1.54) is 193 Å². The van der Waals surface area contributed by atoms with Gasteiger partial charge in [0.2, 0.25) is 0 Å². The average molecular weight is 832 g/mol. The highest BCUT2D eigenvalue weighted by molar-refractivity contribution is 7.45. The number of hydrogen-bond acceptors (Lipinski definition) is 7. The number of nitrogens with zero attached hydrogens (tertiary/aromatic N) is 1. The molecule has 0 fully saturated rings. The minimum atomic E-state index is -4.52. The van der Waals surface area contributed by atoms with Crippen molar-refractivity contribution in [3.8, 4) is 0 Å². The molecule has 0 rings (SSSR count). The first-order valence-electron chi connectivity index (χ1n) is 24.8. The summed E-state index contributed by atoms with van der Waals surface area (Å²) in [6.45, 7) is 5.48. The molecule has 0 bridgehead atoms. The van der Waals surface area contributed by atoms with Gasteiger partial charge in [-0.1, -0.05) is 226 Å². The maximum absolute atomic E-state index is 12.7. The van der Waals surface area contributed by atoms with Gasteiger partial charge in [-0.3, -0.25) is 9.36 Å². The Balaban J connectivity index is 4.05. The zero-order valence-electron chi connectivity index (χ0n) is 38.8. The molecule has 2 atom stereocenters. The van der Waals surface area contributed by atoms with Crippen LogP contribution in [0.3, 0.4) is 0 Å². The lowest BCUT2D eigenvalue weighted by molar-refractivity contribution is -0.870. The van der Waals surface area contributed by atoms with Crippen LogP contribution in [0, 0.1) is 0 Å². The predicted molar refractivity (Wildman–Crippen MR) is 241 cm³/mol. The second kappa shape index (κ2) is 42.2. The lowest BCUT2D eigenvalue weighted by atomic mass is 10.0. The van der Waals surface area contributed by atoms with E-state index in [9.17, 15) is 14.3 Å². The number of likely N-dealkylation sites (N-methyl/N-ethyl adjacent to an activating group) is 1. The van der Waals surface area contributed by atoms with Gasteiger partial charge in [-0.25, -0.2) is 0 Å². The molecular formula is C48H98NO7P. The van der Waals surface area contributed by atoms with E-state index in [-0.39, 0.29) is 25.8 Å². The highest BCUT2D eigenvalue weighted by Gasteiger charge is 2.20. The van der Waals surface area contributed by atoms with Crippen molar-refractivity contribution in [2.45, 2.75) is 251 Å². The molecule has 0 aliphatic rings. The van der Waals surface area contributed by atoms with Crippen molar-refractivity contribution in [1.82, 2.24) is 0 Å². The Morgan fingerprint density at radius 1 is 0.474 bits per heavy atom. The van der Waals surface area contributed by atoms with Gasteiger partial charge in [0.1, 0.15) is 19.3 Å². The van der Waals surface area contributed by atoms with E-state index in [2.05, 4.69) is 13.8 Å². The molecule has 0 spiro atoms. The van der Waals surface area contributed by atoms with Crippen LogP contribution in [0.4, 0.5) is 0 Å². The highest BCUT2D eigenvalue weighted by atomic mass is 31.2. The second-order valence-corrected chi connectivity index (χ2v) is 19.6. The summed E-state index contributed by atoms with van der Waals surface area (Å²) in [7, 11) is 1.38. The fourth-order valence-electron chi connectivity index (χ4n) is 7.31. The topological polar surface area (TPSA) is 94.1 Å². The van der Waals surface area contributed by atoms with Crippen LogP contribution in [0.15, 0.2) is 0 Å². The molecule has 0 amide bonds. The Morgan fingerprint density at radius 3 is 1.16 bits per heavy atom. The van der Waals surface area contributed by atoms with E-state index in [1.807, 2.05) is 21.1 Å². The first kappa shape index (κ1) is 56.5. The Bertz CT molecular complexity index is 883. The highest BCUT2D eigenvalue weighted by Crippen LogP contribution is 2.38. The molecule has 0 heterocycles. The van der Waals surface area contributed by atoms with Crippen molar-refractivity contribution in [2.75, 3.05) is 54.1 Å². The Kier molecular flexibility index (Phi) is 41.8. The lowest BCUT2D eigenvalue weighted by Gasteiger charge is -2.28. The largest absolute Gasteiger partial charge is 0.756 e. The van der Waals surface area contributed by atoms with Crippen LogP contribution in [-0.2, 0) is 27.9 Å². The molecule has 0 aliphatic heterocycles. The molecule has 0 N–H and O–H groups in total. The van der Waals surface area contributed by atoms with Crippen LogP contribution in [0.2, 0.25) is 0 Å². The van der Waals surface area contributed by atoms with Crippen molar-refractivity contribution in [1.29, 1.82) is 0 Å². The van der Waals surface area contributed by atoms with Crippen molar-refractivity contribution in [3.63, 3.8) is 0 Å². The summed E-state index contributed by atoms with van der Waals surface area (Å²) in [6.07, 6.45) is 45.5. The smallest absolute Gasteiger partial charge is 0.306 e. The molecule has 0 saturated carbocycles. The molecule has 342 valence electrons. The van der Waals surface area contributed by atoms with Crippen molar-refractivity contribution >= 4 is 13.8 Å². The number of esters is 1. The molecule has 0 aromatic carbocycles. The van der Waals surface area contributed by atoms with E-state index in [4.69, 9.17) is 18.5 Å². The zero-order chi connectivity index (χ0) is 42.0. The number of phosphoric ester groups is 1. The van der Waals surface area contributed by atoms with Gasteiger partial charge in [0, 0.05) is 13.0 Å². The summed E-state index contributed by atoms with van der Waals surface area (Å²) < 4.78 is 34.7. The molecule has 57 heavy (non-hydrogen) atoms. The Hall–Kier alpha value is -0.500. The molecule has 0 radical (unpaired) electrons. The van der Waals surface area contributed by atoms with Crippen molar-refractivity contribution in [3.05, 3.63) is 0 Å². The molecule has 8 nitrogen and oxygen atoms in total. The summed E-state index contributed by atoms with van der Waals surface area (Å²) in [4.78, 5) is 25.1. The van der Waals surface area contributed by atoms with Gasteiger partial charge in [-0.2, -0.15) is 0 Å². The SMILES string of the molecule is CCCCCCCCCCCCCCCCCCCCCCCCOCC(COP(=O)([O-])OCC[N+](C)(C)C)OC(=O)CCCCCCCCCCCCCCC. The normalized spacial score (nSPS) is 13.6. The number of unbranched alkanes of at least 4 members (excludes halogenated alkanes) is 33. The predicted octanol–water partition coefficient (Wildman–Crippen LogP) is 14.2. The van der Waals surface area contributed by atoms with Gasteiger partial charge in [0.15, 0.2) is 0 Å². The maximum Gasteiger partial charge on any atom is 0.306 e. The summed E-state index contributed by atoms with van der Waals surface area (Å²) in [5, 5.41) is 0. The number of carbonyl (C=O) groups is 1. The fourth-order valence-corrected chi connectivity index (χ4v) is 8.04. The third-order valence-electron chi connectivity index (χ3n) is 11.2. The molecule has 2 unspecified atom stereocenters. The fraction of sp³-hybridized carbons (Fsp3) is 0.979. The average Bonchev–Trinajstić information content (AvgIpc) is 3.16. The number of ether oxygens (including phenoxy) is 2. The van der Waals surface area contributed by atoms with E-state index in [0.717, 1.165) is 32.1 Å². The number of quaternary nitrogens is 1. The van der Waals surface area contributed by atoms with E-state index >= 15 is 0 Å². The van der Waals surface area contributed by atoms with Crippen molar-refractivity contribution in [2.24, 2.45) is 0 Å². The quantitative estimate of drug-likeness (QED) is 0.0261. The Labute approximate surface area is 355 Å². The zero-order valence-corrected chi connectivity index (χ0v) is 39.7. The van der Waals surface area contributed by atoms with Crippen LogP contribution in [0.25, 0.3) is 0 Å². The van der Waals surface area contributed by atoms with E-state index < -0.39 is 13.9 Å². The van der Waals surface area contributed by atoms with Gasteiger partial charge < -0.3 is 27.9 Å². The van der Waals surface area contributed by atoms with Crippen LogP contribution in [-0.4, -0.2) is 70.7 Å². The van der Waals surface area contributed by atoms with E-state index in [1.54, 1.807) is 0 Å². The molecule has 0 aliphatic carbocycles. The lowest BCUT2D eigenvalue weighted by Crippen LogP contribution is -2.37. The number of phosphoric acid groups is 1. The first-order chi connectivity index (χ1) is 27.6. The third-order valence-corrected chi connectivity index (χ3v) is 12.1. The van der Waals surface area contributed by atoms with Crippen LogP contribution in [0.1, 0.15) is 245 Å². The van der Waals surface area contributed by atoms with Gasteiger partial charge in [-0.15, -0.1) is 0 Å². The first-order valence-corrected chi connectivity index (χ1v) is 26.2. The summed E-state index contributed by atoms with van der Waals surface area (Å²) in [5.41, 5.74) is 0. The van der Waals surface area contributed by atoms with Gasteiger partial charge in [0.25, 0.3) is 7.82 Å². The maximum atomic E-state index is 12.7. The minimum absolute atomic E-state index is 0.0315. The van der Waals surface area contributed by atoms with Gasteiger partial charge >= 0.3 is 5.97 Å². The standard InChI is InChI=1S/C48H98NO7P/c1-6-8-10-12-14-16-18-20-21-22-23-24-25-26-27-28-30-32-34-36-38-40-43-53-45-47(46-55-57(51,52)54-44-42-49(3,4)5)56-48(50)41-39-37-35-33-31-29-19-17-15-13-11-9-7-2/h47H,6-46H2,1-5H3. The van der Waals surface area contributed by atoms with Crippen molar-refractivity contribution < 1.29 is 37.3 Å². The van der Waals surface area contributed by atoms with Crippen LogP contribution < -0.4 is 4.89 Å². The van der Waals surface area contributed by atoms with Crippen LogP contribution in [0.5, 0.6) is 0 Å². The summed E-state index contributed by atoms with van der Waals surface area (Å²) >= 11 is 0. The monoisotopic (exact) mass is 832 g/mol. The van der Waals surface area contributed by atoms with Gasteiger partial charge in [-0.05, 0) is 12.8 Å². The van der Waals surface area contributed by atoms with E-state index in [0.29, 0.717) is 24.1 Å². The summed E-state index contributed by atoms with van der Waals surface area (Å²) in [6, 6.07) is 0. The number of hydrogen-bond donors (Lipinski definition) is 0. The minimum Gasteiger partial charge on any atom is -0.756 e. The Morgan fingerprint density at radius 2 is 0.807 bits per heavy atom. The molecule has 0 saturated heterocycles. The summed E-state index contributed by atoms with van der Waals surface area (Å²) in [5.74, 6) is -0.327. The number of carbonyl (C=O) groups excluding carboxylic acids is 1. The van der Waals surface area contributed by atoms with Crippen LogP contribution >= 0.6 is 7.82 Å². The van der Waals surface area contributed by atoms with Gasteiger partial charge in [0.05, 0.1) is 34.4 Å². The molecular weight excluding hydrogens is 734 g/mol. The molecule has 0 aromatic rings. The number of rotatable bonds is 47. The molecule has 9 heteroatoms. The second-order valence-electron chi connectivity index (χ2n) is 18.2. The molecule has 0 aromatic heterocycles. The third kappa shape index (κ3) is 46.4.